The van der Waals surface area contributed by atoms with Gasteiger partial charge in [0.15, 0.2) is 0 Å². The van der Waals surface area contributed by atoms with Gasteiger partial charge in [-0.15, -0.1) is 0 Å². The van der Waals surface area contributed by atoms with Crippen molar-refractivity contribution in [2.45, 2.75) is 0 Å². The minimum absolute atomic E-state index is 0.0844. The summed E-state index contributed by atoms with van der Waals surface area (Å²) in [5.74, 6) is -0.653. The zero-order chi connectivity index (χ0) is 11.5. The number of pyridine rings is 1. The van der Waals surface area contributed by atoms with Crippen molar-refractivity contribution in [2.24, 2.45) is 10.8 Å². The summed E-state index contributed by atoms with van der Waals surface area (Å²) < 4.78 is 0. The second-order valence-electron chi connectivity index (χ2n) is 3.10. The molecule has 0 atom stereocenters. The Bertz CT molecular complexity index is 616. The number of nitrogens with zero attached hydrogens (tertiary/aromatic N) is 4. The van der Waals surface area contributed by atoms with E-state index in [1.807, 2.05) is 0 Å². The fourth-order valence-electron chi connectivity index (χ4n) is 1.41. The van der Waals surface area contributed by atoms with E-state index in [2.05, 4.69) is 15.0 Å². The molecule has 0 radical (unpaired) electrons. The number of aromatic nitrogens is 1. The molecule has 2 aromatic rings. The highest BCUT2D eigenvalue weighted by Gasteiger charge is 2.07. The van der Waals surface area contributed by atoms with Crippen LogP contribution in [-0.2, 0) is 0 Å². The molecule has 0 fully saturated rings. The number of para-hydroxylation sites is 1. The van der Waals surface area contributed by atoms with Gasteiger partial charge in [0.1, 0.15) is 5.69 Å². The normalized spacial score (nSPS) is 9.75. The number of hydrogen-bond acceptors (Lipinski definition) is 3. The van der Waals surface area contributed by atoms with E-state index < -0.39 is 5.91 Å². The zero-order valence-corrected chi connectivity index (χ0v) is 8.16. The quantitative estimate of drug-likeness (QED) is 0.469. The van der Waals surface area contributed by atoms with Crippen LogP contribution in [0.15, 0.2) is 35.4 Å². The van der Waals surface area contributed by atoms with Crippen LogP contribution in [0.25, 0.3) is 21.3 Å². The molecule has 0 saturated heterocycles. The molecular weight excluding hydrogens is 206 g/mol. The second-order valence-corrected chi connectivity index (χ2v) is 3.10. The number of fused-ring (bicyclic) bond motifs is 1. The van der Waals surface area contributed by atoms with Gasteiger partial charge >= 0.3 is 0 Å². The number of benzene rings is 1. The van der Waals surface area contributed by atoms with E-state index in [0.717, 1.165) is 0 Å². The Kier molecular flexibility index (Phi) is 2.41. The Hall–Kier alpha value is -2.59. The lowest BCUT2D eigenvalue weighted by molar-refractivity contribution is 0.0996. The largest absolute Gasteiger partial charge is 0.364 e. The van der Waals surface area contributed by atoms with Gasteiger partial charge in [0, 0.05) is 16.0 Å². The van der Waals surface area contributed by atoms with E-state index >= 15 is 0 Å². The Morgan fingerprint density at radius 1 is 1.44 bits per heavy atom. The molecule has 0 saturated carbocycles. The summed E-state index contributed by atoms with van der Waals surface area (Å²) in [4.78, 5) is 17.8. The molecule has 0 aliphatic rings. The van der Waals surface area contributed by atoms with Crippen LogP contribution >= 0.6 is 0 Å². The number of primary amides is 1. The summed E-state index contributed by atoms with van der Waals surface area (Å²) in [5.41, 5.74) is 14.6. The lowest BCUT2D eigenvalue weighted by Gasteiger charge is -2.02. The smallest absolute Gasteiger partial charge is 0.267 e. The monoisotopic (exact) mass is 213 g/mol. The molecule has 0 spiro atoms. The first-order valence-electron chi connectivity index (χ1n) is 4.47. The predicted octanol–water partition coefficient (Wildman–Crippen LogP) is 2.28. The van der Waals surface area contributed by atoms with Crippen LogP contribution in [0, 0.1) is 0 Å². The van der Waals surface area contributed by atoms with E-state index in [1.54, 1.807) is 24.3 Å². The minimum atomic E-state index is -0.653. The molecule has 1 aromatic carbocycles. The molecular formula is C10H7N5O. The van der Waals surface area contributed by atoms with Gasteiger partial charge < -0.3 is 5.73 Å². The molecule has 78 valence electrons. The first kappa shape index (κ1) is 9.95. The molecule has 2 rings (SSSR count). The Labute approximate surface area is 90.3 Å². The van der Waals surface area contributed by atoms with Crippen LogP contribution in [0.1, 0.15) is 10.5 Å². The maximum Gasteiger partial charge on any atom is 0.267 e. The van der Waals surface area contributed by atoms with Crippen molar-refractivity contribution in [3.05, 3.63) is 46.5 Å². The van der Waals surface area contributed by atoms with Crippen LogP contribution < -0.4 is 5.73 Å². The first-order valence-corrected chi connectivity index (χ1v) is 4.47. The summed E-state index contributed by atoms with van der Waals surface area (Å²) in [6, 6.07) is 8.43. The van der Waals surface area contributed by atoms with Gasteiger partial charge in [-0.2, -0.15) is 0 Å². The van der Waals surface area contributed by atoms with E-state index in [4.69, 9.17) is 11.3 Å². The van der Waals surface area contributed by atoms with Gasteiger partial charge in [-0.1, -0.05) is 23.3 Å². The van der Waals surface area contributed by atoms with E-state index in [-0.39, 0.29) is 5.69 Å². The first-order chi connectivity index (χ1) is 7.72. The molecule has 0 aliphatic carbocycles. The second kappa shape index (κ2) is 3.88. The molecule has 2 N–H and O–H groups in total. The fourth-order valence-corrected chi connectivity index (χ4v) is 1.41. The van der Waals surface area contributed by atoms with Gasteiger partial charge in [0.05, 0.1) is 5.52 Å². The summed E-state index contributed by atoms with van der Waals surface area (Å²) in [6.45, 7) is 0. The van der Waals surface area contributed by atoms with Crippen molar-refractivity contribution < 1.29 is 4.79 Å². The Morgan fingerprint density at radius 2 is 2.19 bits per heavy atom. The number of azide groups is 1. The molecule has 6 nitrogen and oxygen atoms in total. The molecule has 1 amide bonds. The van der Waals surface area contributed by atoms with Crippen LogP contribution in [0.5, 0.6) is 0 Å². The highest BCUT2D eigenvalue weighted by atomic mass is 16.1. The number of rotatable bonds is 2. The van der Waals surface area contributed by atoms with Crippen molar-refractivity contribution in [3.8, 4) is 0 Å². The summed E-state index contributed by atoms with van der Waals surface area (Å²) in [6.07, 6.45) is 0. The Morgan fingerprint density at radius 3 is 2.88 bits per heavy atom. The van der Waals surface area contributed by atoms with Gasteiger partial charge in [0.25, 0.3) is 5.91 Å². The predicted molar refractivity (Wildman–Crippen MR) is 59.1 cm³/mol. The van der Waals surface area contributed by atoms with Crippen molar-refractivity contribution in [1.29, 1.82) is 0 Å². The van der Waals surface area contributed by atoms with Crippen LogP contribution in [0.4, 0.5) is 5.69 Å². The van der Waals surface area contributed by atoms with E-state index in [1.165, 1.54) is 6.07 Å². The number of carbonyl (C=O) groups is 1. The molecule has 0 unspecified atom stereocenters. The number of hydrogen-bond donors (Lipinski definition) is 1. The van der Waals surface area contributed by atoms with Crippen molar-refractivity contribution >= 4 is 22.5 Å². The third kappa shape index (κ3) is 1.65. The SMILES string of the molecule is [N-]=[N+]=Nc1cc(C(N)=O)nc2ccccc12. The maximum absolute atomic E-state index is 11.0. The lowest BCUT2D eigenvalue weighted by atomic mass is 10.1. The van der Waals surface area contributed by atoms with Crippen LogP contribution in [-0.4, -0.2) is 10.9 Å². The Balaban J connectivity index is 2.83. The number of amides is 1. The average Bonchev–Trinajstić information content (AvgIpc) is 2.29. The number of carbonyl (C=O) groups excluding carboxylic acids is 1. The van der Waals surface area contributed by atoms with Crippen molar-refractivity contribution in [3.63, 3.8) is 0 Å². The van der Waals surface area contributed by atoms with Crippen molar-refractivity contribution in [2.75, 3.05) is 0 Å². The molecule has 16 heavy (non-hydrogen) atoms. The molecule has 1 heterocycles. The molecule has 1 aromatic heterocycles. The molecule has 0 aliphatic heterocycles. The van der Waals surface area contributed by atoms with Crippen LogP contribution in [0.2, 0.25) is 0 Å². The van der Waals surface area contributed by atoms with E-state index in [9.17, 15) is 4.79 Å². The zero-order valence-electron chi connectivity index (χ0n) is 8.16. The van der Waals surface area contributed by atoms with Crippen molar-refractivity contribution in [1.82, 2.24) is 4.98 Å². The van der Waals surface area contributed by atoms with Gasteiger partial charge in [-0.05, 0) is 17.7 Å². The summed E-state index contributed by atoms with van der Waals surface area (Å²) >= 11 is 0. The standard InChI is InChI=1S/C10H7N5O/c11-10(16)9-5-8(14-15-12)6-3-1-2-4-7(6)13-9/h1-5H,(H2,11,16). The van der Waals surface area contributed by atoms with Gasteiger partial charge in [-0.3, -0.25) is 4.79 Å². The summed E-state index contributed by atoms with van der Waals surface area (Å²) in [5, 5.41) is 4.20. The third-order valence-corrected chi connectivity index (χ3v) is 2.10. The fraction of sp³-hybridized carbons (Fsp3) is 0. The maximum atomic E-state index is 11.0. The van der Waals surface area contributed by atoms with Crippen LogP contribution in [0.3, 0.4) is 0 Å². The average molecular weight is 213 g/mol. The van der Waals surface area contributed by atoms with E-state index in [0.29, 0.717) is 16.6 Å². The summed E-state index contributed by atoms with van der Waals surface area (Å²) in [7, 11) is 0. The van der Waals surface area contributed by atoms with Gasteiger partial charge in [-0.25, -0.2) is 4.98 Å². The third-order valence-electron chi connectivity index (χ3n) is 2.10. The highest BCUT2D eigenvalue weighted by molar-refractivity contribution is 5.98. The highest BCUT2D eigenvalue weighted by Crippen LogP contribution is 2.25. The lowest BCUT2D eigenvalue weighted by Crippen LogP contribution is -2.12. The topological polar surface area (TPSA) is 105 Å². The molecule has 6 heteroatoms. The van der Waals surface area contributed by atoms with Gasteiger partial charge in [0.2, 0.25) is 0 Å². The molecule has 0 bridgehead atoms. The number of nitrogens with two attached hydrogens (primary N) is 1. The minimum Gasteiger partial charge on any atom is -0.364 e.